The van der Waals surface area contributed by atoms with Gasteiger partial charge in [0.1, 0.15) is 12.4 Å². The van der Waals surface area contributed by atoms with E-state index in [0.29, 0.717) is 17.1 Å². The van der Waals surface area contributed by atoms with Crippen LogP contribution >= 0.6 is 0 Å². The van der Waals surface area contributed by atoms with Crippen LogP contribution in [0.25, 0.3) is 0 Å². The first kappa shape index (κ1) is 19.3. The van der Waals surface area contributed by atoms with E-state index in [4.69, 9.17) is 0 Å². The minimum atomic E-state index is -0.417. The van der Waals surface area contributed by atoms with Gasteiger partial charge in [-0.1, -0.05) is 23.8 Å². The molecule has 0 radical (unpaired) electrons. The summed E-state index contributed by atoms with van der Waals surface area (Å²) < 4.78 is 14.7. The van der Waals surface area contributed by atoms with E-state index in [0.717, 1.165) is 11.1 Å². The summed E-state index contributed by atoms with van der Waals surface area (Å²) in [6.45, 7) is 5.33. The summed E-state index contributed by atoms with van der Waals surface area (Å²) >= 11 is 0. The molecule has 0 spiro atoms. The molecule has 0 fully saturated rings. The molecular weight excluding hydrogens is 359 g/mol. The second-order valence-electron chi connectivity index (χ2n) is 6.65. The van der Waals surface area contributed by atoms with Gasteiger partial charge in [0.25, 0.3) is 5.56 Å². The maximum atomic E-state index is 13.5. The minimum absolute atomic E-state index is 0.173. The monoisotopic (exact) mass is 380 g/mol. The lowest BCUT2D eigenvalue weighted by atomic mass is 10.1. The number of nitrogens with one attached hydrogen (secondary N) is 2. The average Bonchev–Trinajstić information content (AvgIpc) is 2.60. The largest absolute Gasteiger partial charge is 0.325 e. The molecule has 0 saturated carbocycles. The van der Waals surface area contributed by atoms with Gasteiger partial charge in [0, 0.05) is 23.1 Å². The third kappa shape index (κ3) is 4.62. The number of hydrogen-bond donors (Lipinski definition) is 2. The highest BCUT2D eigenvalue weighted by atomic mass is 19.1. The van der Waals surface area contributed by atoms with Crippen molar-refractivity contribution in [1.82, 2.24) is 9.55 Å². The van der Waals surface area contributed by atoms with E-state index in [1.807, 2.05) is 32.0 Å². The molecule has 7 heteroatoms. The molecule has 0 atom stereocenters. The number of halogens is 1. The maximum absolute atomic E-state index is 13.5. The minimum Gasteiger partial charge on any atom is -0.325 e. The van der Waals surface area contributed by atoms with E-state index < -0.39 is 5.82 Å². The molecule has 0 aliphatic rings. The van der Waals surface area contributed by atoms with Gasteiger partial charge < -0.3 is 10.6 Å². The predicted octanol–water partition coefficient (Wildman–Crippen LogP) is 3.69. The van der Waals surface area contributed by atoms with Crippen LogP contribution in [0.5, 0.6) is 0 Å². The third-order valence-electron chi connectivity index (χ3n) is 4.17. The van der Waals surface area contributed by atoms with Crippen LogP contribution in [0.15, 0.2) is 53.3 Å². The smallest absolute Gasteiger partial charge is 0.255 e. The Morgan fingerprint density at radius 3 is 2.61 bits per heavy atom. The lowest BCUT2D eigenvalue weighted by Gasteiger charge is -2.15. The standard InChI is InChI=1S/C21H21FN4O2/c1-13-7-8-18(14(2)9-13)25-19(27)12-26-20(28)10-15(3)23-21(26)24-17-6-4-5-16(22)11-17/h4-11H,12H2,1-3H3,(H,23,24)(H,25,27). The molecule has 3 rings (SSSR count). The first-order chi connectivity index (χ1) is 13.3. The van der Waals surface area contributed by atoms with Crippen LogP contribution in [-0.4, -0.2) is 15.5 Å². The summed E-state index contributed by atoms with van der Waals surface area (Å²) in [6.07, 6.45) is 0. The van der Waals surface area contributed by atoms with E-state index in [1.54, 1.807) is 19.1 Å². The van der Waals surface area contributed by atoms with Crippen molar-refractivity contribution < 1.29 is 9.18 Å². The number of carbonyl (C=O) groups excluding carboxylic acids is 1. The molecule has 1 heterocycles. The van der Waals surface area contributed by atoms with Crippen LogP contribution in [-0.2, 0) is 11.3 Å². The Kier molecular flexibility index (Phi) is 5.54. The molecule has 1 amide bonds. The van der Waals surface area contributed by atoms with E-state index in [-0.39, 0.29) is 24.0 Å². The Balaban J connectivity index is 1.86. The number of amides is 1. The topological polar surface area (TPSA) is 76.0 Å². The SMILES string of the molecule is Cc1ccc(NC(=O)Cn2c(Nc3cccc(F)c3)nc(C)cc2=O)c(C)c1. The van der Waals surface area contributed by atoms with Gasteiger partial charge in [-0.3, -0.25) is 14.2 Å². The van der Waals surface area contributed by atoms with Gasteiger partial charge in [-0.2, -0.15) is 0 Å². The summed E-state index contributed by atoms with van der Waals surface area (Å²) in [5.41, 5.74) is 3.26. The summed E-state index contributed by atoms with van der Waals surface area (Å²) in [7, 11) is 0. The normalized spacial score (nSPS) is 10.6. The molecule has 144 valence electrons. The van der Waals surface area contributed by atoms with E-state index in [9.17, 15) is 14.0 Å². The zero-order chi connectivity index (χ0) is 20.3. The predicted molar refractivity (Wildman–Crippen MR) is 107 cm³/mol. The van der Waals surface area contributed by atoms with Gasteiger partial charge in [-0.15, -0.1) is 0 Å². The number of carbonyl (C=O) groups is 1. The molecule has 2 N–H and O–H groups in total. The first-order valence-electron chi connectivity index (χ1n) is 8.80. The summed E-state index contributed by atoms with van der Waals surface area (Å²) in [4.78, 5) is 29.3. The zero-order valence-corrected chi connectivity index (χ0v) is 15.9. The average molecular weight is 380 g/mol. The molecule has 0 unspecified atom stereocenters. The molecule has 2 aromatic carbocycles. The Morgan fingerprint density at radius 1 is 1.11 bits per heavy atom. The van der Waals surface area contributed by atoms with Gasteiger partial charge >= 0.3 is 0 Å². The number of nitrogens with zero attached hydrogens (tertiary/aromatic N) is 2. The molecule has 0 saturated heterocycles. The molecule has 6 nitrogen and oxygen atoms in total. The van der Waals surface area contributed by atoms with Crippen molar-refractivity contribution in [3.8, 4) is 0 Å². The van der Waals surface area contributed by atoms with Gasteiger partial charge in [0.05, 0.1) is 0 Å². The quantitative estimate of drug-likeness (QED) is 0.708. The van der Waals surface area contributed by atoms with Gasteiger partial charge in [-0.25, -0.2) is 9.37 Å². The van der Waals surface area contributed by atoms with E-state index in [1.165, 1.54) is 22.8 Å². The van der Waals surface area contributed by atoms with Crippen molar-refractivity contribution in [1.29, 1.82) is 0 Å². The van der Waals surface area contributed by atoms with E-state index >= 15 is 0 Å². The summed E-state index contributed by atoms with van der Waals surface area (Å²) in [5, 5.41) is 5.73. The van der Waals surface area contributed by atoms with Crippen molar-refractivity contribution in [2.45, 2.75) is 27.3 Å². The van der Waals surface area contributed by atoms with Crippen molar-refractivity contribution in [2.75, 3.05) is 10.6 Å². The molecular formula is C21H21FN4O2. The van der Waals surface area contributed by atoms with Gasteiger partial charge in [0.2, 0.25) is 11.9 Å². The Hall–Kier alpha value is -3.48. The molecule has 0 aliphatic carbocycles. The highest BCUT2D eigenvalue weighted by Crippen LogP contribution is 2.17. The Labute approximate surface area is 162 Å². The Morgan fingerprint density at radius 2 is 1.89 bits per heavy atom. The first-order valence-corrected chi connectivity index (χ1v) is 8.80. The summed E-state index contributed by atoms with van der Waals surface area (Å²) in [5.74, 6) is -0.604. The summed E-state index contributed by atoms with van der Waals surface area (Å²) in [6, 6.07) is 12.8. The number of aromatic nitrogens is 2. The zero-order valence-electron chi connectivity index (χ0n) is 15.9. The van der Waals surface area contributed by atoms with Gasteiger partial charge in [-0.05, 0) is 50.6 Å². The lowest BCUT2D eigenvalue weighted by Crippen LogP contribution is -2.30. The fraction of sp³-hybridized carbons (Fsp3) is 0.190. The second kappa shape index (κ2) is 8.04. The van der Waals surface area contributed by atoms with Gasteiger partial charge in [0.15, 0.2) is 0 Å². The van der Waals surface area contributed by atoms with Crippen LogP contribution in [0.4, 0.5) is 21.7 Å². The number of aryl methyl sites for hydroxylation is 3. The highest BCUT2D eigenvalue weighted by Gasteiger charge is 2.13. The molecule has 28 heavy (non-hydrogen) atoms. The van der Waals surface area contributed by atoms with Crippen LogP contribution in [0.3, 0.4) is 0 Å². The van der Waals surface area contributed by atoms with Crippen molar-refractivity contribution in [2.24, 2.45) is 0 Å². The lowest BCUT2D eigenvalue weighted by molar-refractivity contribution is -0.116. The fourth-order valence-corrected chi connectivity index (χ4v) is 2.85. The number of rotatable bonds is 5. The van der Waals surface area contributed by atoms with Crippen LogP contribution in [0.2, 0.25) is 0 Å². The van der Waals surface area contributed by atoms with Crippen LogP contribution in [0.1, 0.15) is 16.8 Å². The highest BCUT2D eigenvalue weighted by molar-refractivity contribution is 5.91. The number of benzene rings is 2. The molecule has 0 aliphatic heterocycles. The fourth-order valence-electron chi connectivity index (χ4n) is 2.85. The molecule has 1 aromatic heterocycles. The van der Waals surface area contributed by atoms with Crippen LogP contribution in [0, 0.1) is 26.6 Å². The molecule has 0 bridgehead atoms. The van der Waals surface area contributed by atoms with Crippen molar-refractivity contribution in [3.05, 3.63) is 81.5 Å². The third-order valence-corrected chi connectivity index (χ3v) is 4.17. The second-order valence-corrected chi connectivity index (χ2v) is 6.65. The van der Waals surface area contributed by atoms with Crippen molar-refractivity contribution in [3.63, 3.8) is 0 Å². The maximum Gasteiger partial charge on any atom is 0.255 e. The molecule has 3 aromatic rings. The number of anilines is 3. The van der Waals surface area contributed by atoms with E-state index in [2.05, 4.69) is 15.6 Å². The van der Waals surface area contributed by atoms with Crippen molar-refractivity contribution >= 4 is 23.2 Å². The van der Waals surface area contributed by atoms with Crippen LogP contribution < -0.4 is 16.2 Å². The number of hydrogen-bond acceptors (Lipinski definition) is 4. The Bertz CT molecular complexity index is 1090.